The zero-order valence-corrected chi connectivity index (χ0v) is 13.5. The van der Waals surface area contributed by atoms with Gasteiger partial charge in [-0.25, -0.2) is 4.98 Å². The first-order valence-electron chi connectivity index (χ1n) is 6.96. The molecule has 1 heterocycles. The Morgan fingerprint density at radius 2 is 2.00 bits per heavy atom. The van der Waals surface area contributed by atoms with Crippen molar-refractivity contribution in [3.05, 3.63) is 57.7 Å². The average molecular weight is 324 g/mol. The lowest BCUT2D eigenvalue weighted by molar-refractivity contribution is 0.521. The Morgan fingerprint density at radius 1 is 1.19 bits per heavy atom. The highest BCUT2D eigenvalue weighted by molar-refractivity contribution is 6.42. The Morgan fingerprint density at radius 3 is 2.67 bits per heavy atom. The van der Waals surface area contributed by atoms with Crippen LogP contribution >= 0.6 is 23.2 Å². The number of nitrogens with one attached hydrogen (secondary N) is 1. The summed E-state index contributed by atoms with van der Waals surface area (Å²) in [4.78, 5) is 4.14. The van der Waals surface area contributed by atoms with Crippen LogP contribution in [0.4, 0.5) is 5.82 Å². The van der Waals surface area contributed by atoms with E-state index < -0.39 is 0 Å². The van der Waals surface area contributed by atoms with E-state index >= 15 is 0 Å². The van der Waals surface area contributed by atoms with Crippen LogP contribution in [0.25, 0.3) is 0 Å². The van der Waals surface area contributed by atoms with Crippen molar-refractivity contribution in [1.29, 1.82) is 0 Å². The molecule has 1 aromatic carbocycles. The van der Waals surface area contributed by atoms with Crippen LogP contribution in [0.15, 0.2) is 36.5 Å². The largest absolute Gasteiger partial charge is 0.383 e. The molecule has 0 saturated heterocycles. The van der Waals surface area contributed by atoms with Gasteiger partial charge < -0.3 is 11.1 Å². The van der Waals surface area contributed by atoms with Gasteiger partial charge in [-0.3, -0.25) is 0 Å². The molecule has 0 aliphatic carbocycles. The highest BCUT2D eigenvalue weighted by atomic mass is 35.5. The number of nitrogens with zero attached hydrogens (tertiary/aromatic N) is 1. The summed E-state index contributed by atoms with van der Waals surface area (Å²) >= 11 is 12.0. The monoisotopic (exact) mass is 323 g/mol. The molecule has 0 radical (unpaired) electrons. The van der Waals surface area contributed by atoms with E-state index in [1.54, 1.807) is 6.20 Å². The Balaban J connectivity index is 2.11. The van der Waals surface area contributed by atoms with E-state index in [9.17, 15) is 0 Å². The zero-order valence-electron chi connectivity index (χ0n) is 11.9. The number of pyridine rings is 1. The van der Waals surface area contributed by atoms with E-state index in [2.05, 4.69) is 17.2 Å². The van der Waals surface area contributed by atoms with Gasteiger partial charge in [0.25, 0.3) is 0 Å². The van der Waals surface area contributed by atoms with Crippen LogP contribution in [-0.4, -0.2) is 17.6 Å². The van der Waals surface area contributed by atoms with Gasteiger partial charge in [0.05, 0.1) is 10.0 Å². The molecule has 21 heavy (non-hydrogen) atoms. The number of nitrogens with two attached hydrogens (primary N) is 1. The second-order valence-corrected chi connectivity index (χ2v) is 5.77. The molecule has 0 aliphatic heterocycles. The number of benzene rings is 1. The maximum Gasteiger partial charge on any atom is 0.126 e. The molecule has 1 unspecified atom stereocenters. The number of anilines is 1. The summed E-state index contributed by atoms with van der Waals surface area (Å²) in [5, 5.41) is 4.65. The minimum Gasteiger partial charge on any atom is -0.383 e. The molecule has 0 amide bonds. The molecule has 0 spiro atoms. The summed E-state index contributed by atoms with van der Waals surface area (Å²) in [7, 11) is 0. The van der Waals surface area contributed by atoms with E-state index in [0.29, 0.717) is 15.9 Å². The standard InChI is InChI=1S/C16H19Cl2N3/c1-2-20-13(10-12-4-3-7-21-16(12)19)8-11-5-6-14(17)15(18)9-11/h3-7,9,13,20H,2,8,10H2,1H3,(H2,19,21). The van der Waals surface area contributed by atoms with Gasteiger partial charge >= 0.3 is 0 Å². The topological polar surface area (TPSA) is 50.9 Å². The van der Waals surface area contributed by atoms with Gasteiger partial charge in [-0.15, -0.1) is 0 Å². The predicted molar refractivity (Wildman–Crippen MR) is 90.0 cm³/mol. The number of rotatable bonds is 6. The average Bonchev–Trinajstić information content (AvgIpc) is 2.46. The molecule has 2 aromatic rings. The Kier molecular flexibility index (Phi) is 5.85. The molecule has 2 rings (SSSR count). The SMILES string of the molecule is CCNC(Cc1ccc(Cl)c(Cl)c1)Cc1cccnc1N. The molecule has 0 fully saturated rings. The smallest absolute Gasteiger partial charge is 0.126 e. The number of hydrogen-bond donors (Lipinski definition) is 2. The Hall–Kier alpha value is -1.29. The molecule has 5 heteroatoms. The third kappa shape index (κ3) is 4.60. The van der Waals surface area contributed by atoms with Gasteiger partial charge in [0.15, 0.2) is 0 Å². The first kappa shape index (κ1) is 16.1. The molecular formula is C16H19Cl2N3. The molecule has 1 aromatic heterocycles. The van der Waals surface area contributed by atoms with Gasteiger partial charge in [0, 0.05) is 12.2 Å². The first-order valence-corrected chi connectivity index (χ1v) is 7.72. The number of likely N-dealkylation sites (N-methyl/N-ethyl adjacent to an activating group) is 1. The molecule has 3 N–H and O–H groups in total. The van der Waals surface area contributed by atoms with E-state index in [1.165, 1.54) is 0 Å². The van der Waals surface area contributed by atoms with Crippen molar-refractivity contribution >= 4 is 29.0 Å². The fraction of sp³-hybridized carbons (Fsp3) is 0.312. The summed E-state index contributed by atoms with van der Waals surface area (Å²) in [6.45, 7) is 2.99. The van der Waals surface area contributed by atoms with Gasteiger partial charge in [-0.1, -0.05) is 42.3 Å². The summed E-state index contributed by atoms with van der Waals surface area (Å²) in [5.74, 6) is 0.592. The minimum atomic E-state index is 0.277. The van der Waals surface area contributed by atoms with E-state index in [-0.39, 0.29) is 6.04 Å². The predicted octanol–water partition coefficient (Wildman–Crippen LogP) is 3.73. The molecule has 0 aliphatic rings. The number of halogens is 2. The zero-order chi connectivity index (χ0) is 15.2. The number of aromatic nitrogens is 1. The van der Waals surface area contributed by atoms with Crippen molar-refractivity contribution in [2.45, 2.75) is 25.8 Å². The quantitative estimate of drug-likeness (QED) is 0.851. The van der Waals surface area contributed by atoms with Gasteiger partial charge in [0.2, 0.25) is 0 Å². The summed E-state index contributed by atoms with van der Waals surface area (Å²) in [5.41, 5.74) is 8.13. The van der Waals surface area contributed by atoms with Crippen molar-refractivity contribution in [3.63, 3.8) is 0 Å². The lowest BCUT2D eigenvalue weighted by atomic mass is 9.99. The number of nitrogen functional groups attached to an aromatic ring is 1. The van der Waals surface area contributed by atoms with Gasteiger partial charge in [-0.05, 0) is 48.7 Å². The molecule has 0 bridgehead atoms. The van der Waals surface area contributed by atoms with Crippen molar-refractivity contribution in [2.24, 2.45) is 0 Å². The highest BCUT2D eigenvalue weighted by Crippen LogP contribution is 2.23. The minimum absolute atomic E-state index is 0.277. The van der Waals surface area contributed by atoms with Crippen LogP contribution in [0.1, 0.15) is 18.1 Å². The molecule has 3 nitrogen and oxygen atoms in total. The van der Waals surface area contributed by atoms with Crippen molar-refractivity contribution in [1.82, 2.24) is 10.3 Å². The van der Waals surface area contributed by atoms with E-state index in [1.807, 2.05) is 30.3 Å². The summed E-state index contributed by atoms with van der Waals surface area (Å²) in [6.07, 6.45) is 3.40. The van der Waals surface area contributed by atoms with Crippen LogP contribution in [0, 0.1) is 0 Å². The van der Waals surface area contributed by atoms with Crippen LogP contribution in [-0.2, 0) is 12.8 Å². The third-order valence-corrected chi connectivity index (χ3v) is 4.09. The normalized spacial score (nSPS) is 12.3. The van der Waals surface area contributed by atoms with Crippen molar-refractivity contribution < 1.29 is 0 Å². The Bertz CT molecular complexity index is 602. The van der Waals surface area contributed by atoms with Crippen LogP contribution < -0.4 is 11.1 Å². The van der Waals surface area contributed by atoms with Crippen LogP contribution in [0.3, 0.4) is 0 Å². The first-order chi connectivity index (χ1) is 10.1. The fourth-order valence-corrected chi connectivity index (χ4v) is 2.67. The molecule has 112 valence electrons. The van der Waals surface area contributed by atoms with E-state index in [4.69, 9.17) is 28.9 Å². The summed E-state index contributed by atoms with van der Waals surface area (Å²) < 4.78 is 0. The van der Waals surface area contributed by atoms with Gasteiger partial charge in [0.1, 0.15) is 5.82 Å². The maximum absolute atomic E-state index is 6.08. The van der Waals surface area contributed by atoms with Gasteiger partial charge in [-0.2, -0.15) is 0 Å². The van der Waals surface area contributed by atoms with Crippen LogP contribution in [0.5, 0.6) is 0 Å². The molecular weight excluding hydrogens is 305 g/mol. The third-order valence-electron chi connectivity index (χ3n) is 3.35. The van der Waals surface area contributed by atoms with Crippen molar-refractivity contribution in [2.75, 3.05) is 12.3 Å². The number of hydrogen-bond acceptors (Lipinski definition) is 3. The lowest BCUT2D eigenvalue weighted by Gasteiger charge is -2.19. The Labute approximate surface area is 135 Å². The van der Waals surface area contributed by atoms with Crippen LogP contribution in [0.2, 0.25) is 10.0 Å². The lowest BCUT2D eigenvalue weighted by Crippen LogP contribution is -2.33. The molecule has 1 atom stereocenters. The molecule has 0 saturated carbocycles. The second kappa shape index (κ2) is 7.64. The highest BCUT2D eigenvalue weighted by Gasteiger charge is 2.12. The second-order valence-electron chi connectivity index (χ2n) is 4.96. The van der Waals surface area contributed by atoms with Crippen molar-refractivity contribution in [3.8, 4) is 0 Å². The fourth-order valence-electron chi connectivity index (χ4n) is 2.35. The maximum atomic E-state index is 6.08. The van der Waals surface area contributed by atoms with E-state index in [0.717, 1.165) is 30.5 Å². The summed E-state index contributed by atoms with van der Waals surface area (Å²) in [6, 6.07) is 9.96.